The molecule has 0 saturated heterocycles. The second-order valence-electron chi connectivity index (χ2n) is 6.59. The van der Waals surface area contributed by atoms with E-state index in [0.29, 0.717) is 25.2 Å². The van der Waals surface area contributed by atoms with E-state index < -0.39 is 0 Å². The third-order valence-electron chi connectivity index (χ3n) is 4.96. The van der Waals surface area contributed by atoms with Gasteiger partial charge in [-0.25, -0.2) is 0 Å². The predicted octanol–water partition coefficient (Wildman–Crippen LogP) is 2.78. The van der Waals surface area contributed by atoms with Crippen molar-refractivity contribution in [1.29, 1.82) is 0 Å². The lowest BCUT2D eigenvalue weighted by Gasteiger charge is -2.20. The maximum Gasteiger partial charge on any atom is 0.253 e. The molecule has 3 aromatic rings. The molecule has 0 radical (unpaired) electrons. The molecule has 0 saturated carbocycles. The number of aromatic nitrogens is 2. The number of aromatic amines is 1. The largest absolute Gasteiger partial charge is 0.338 e. The zero-order chi connectivity index (χ0) is 17.9. The number of hydrogen-bond donors (Lipinski definition) is 2. The third-order valence-corrected chi connectivity index (χ3v) is 4.96. The molecule has 0 fully saturated rings. The summed E-state index contributed by atoms with van der Waals surface area (Å²) in [4.78, 5) is 14.8. The summed E-state index contributed by atoms with van der Waals surface area (Å²) >= 11 is 0. The Morgan fingerprint density at radius 3 is 2.69 bits per heavy atom. The number of rotatable bonds is 3. The first-order chi connectivity index (χ1) is 12.8. The molecule has 0 bridgehead atoms. The molecule has 0 atom stereocenters. The van der Waals surface area contributed by atoms with Crippen LogP contribution in [0, 0.1) is 0 Å². The average molecular weight is 346 g/mol. The van der Waals surface area contributed by atoms with E-state index in [4.69, 9.17) is 5.73 Å². The highest BCUT2D eigenvalue weighted by Gasteiger charge is 2.23. The van der Waals surface area contributed by atoms with Crippen molar-refractivity contribution in [3.63, 3.8) is 0 Å². The molecule has 2 heterocycles. The van der Waals surface area contributed by atoms with Crippen molar-refractivity contribution in [2.45, 2.75) is 19.4 Å². The van der Waals surface area contributed by atoms with Crippen molar-refractivity contribution < 1.29 is 4.79 Å². The summed E-state index contributed by atoms with van der Waals surface area (Å²) < 4.78 is 0. The summed E-state index contributed by atoms with van der Waals surface area (Å²) in [5, 5.41) is 7.70. The van der Waals surface area contributed by atoms with Crippen molar-refractivity contribution in [2.75, 3.05) is 13.1 Å². The summed E-state index contributed by atoms with van der Waals surface area (Å²) in [5.74, 6) is 0.0691. The van der Waals surface area contributed by atoms with Gasteiger partial charge >= 0.3 is 0 Å². The first-order valence-electron chi connectivity index (χ1n) is 8.96. The number of carbonyl (C=O) groups excluding carboxylic acids is 1. The molecule has 4 rings (SSSR count). The van der Waals surface area contributed by atoms with Gasteiger partial charge in [0.25, 0.3) is 5.91 Å². The van der Waals surface area contributed by atoms with E-state index in [1.165, 1.54) is 5.56 Å². The Hall–Kier alpha value is -2.92. The van der Waals surface area contributed by atoms with E-state index in [9.17, 15) is 4.79 Å². The van der Waals surface area contributed by atoms with Gasteiger partial charge < -0.3 is 10.6 Å². The van der Waals surface area contributed by atoms with Gasteiger partial charge in [0.15, 0.2) is 0 Å². The molecule has 1 aromatic heterocycles. The van der Waals surface area contributed by atoms with Crippen LogP contribution in [0.15, 0.2) is 54.6 Å². The second-order valence-corrected chi connectivity index (χ2v) is 6.59. The van der Waals surface area contributed by atoms with Gasteiger partial charge in [-0.2, -0.15) is 5.10 Å². The van der Waals surface area contributed by atoms with Crippen LogP contribution >= 0.6 is 0 Å². The van der Waals surface area contributed by atoms with Crippen LogP contribution in [0.4, 0.5) is 0 Å². The Kier molecular flexibility index (Phi) is 4.54. The summed E-state index contributed by atoms with van der Waals surface area (Å²) in [6.45, 7) is 1.82. The predicted molar refractivity (Wildman–Crippen MR) is 102 cm³/mol. The van der Waals surface area contributed by atoms with E-state index in [-0.39, 0.29) is 5.91 Å². The molecule has 1 aliphatic heterocycles. The van der Waals surface area contributed by atoms with E-state index >= 15 is 0 Å². The minimum absolute atomic E-state index is 0.0691. The van der Waals surface area contributed by atoms with Crippen molar-refractivity contribution in [3.8, 4) is 11.3 Å². The number of H-pyrrole nitrogens is 1. The van der Waals surface area contributed by atoms with Gasteiger partial charge in [0.1, 0.15) is 0 Å². The maximum absolute atomic E-state index is 12.9. The molecule has 1 aliphatic rings. The van der Waals surface area contributed by atoms with Crippen LogP contribution in [0.3, 0.4) is 0 Å². The number of carbonyl (C=O) groups is 1. The van der Waals surface area contributed by atoms with E-state index in [0.717, 1.165) is 35.4 Å². The van der Waals surface area contributed by atoms with Gasteiger partial charge in [0.05, 0.1) is 5.69 Å². The van der Waals surface area contributed by atoms with Gasteiger partial charge in [0.2, 0.25) is 0 Å². The molecule has 0 aliphatic carbocycles. The highest BCUT2D eigenvalue weighted by Crippen LogP contribution is 2.26. The fraction of sp³-hybridized carbons (Fsp3) is 0.238. The van der Waals surface area contributed by atoms with E-state index in [1.807, 2.05) is 47.4 Å². The van der Waals surface area contributed by atoms with E-state index in [2.05, 4.69) is 22.3 Å². The van der Waals surface area contributed by atoms with Crippen molar-refractivity contribution >= 4 is 5.91 Å². The third kappa shape index (κ3) is 3.13. The van der Waals surface area contributed by atoms with Gasteiger partial charge in [0, 0.05) is 48.4 Å². The number of hydrogen-bond acceptors (Lipinski definition) is 3. The number of nitrogens with two attached hydrogens (primary N) is 1. The lowest BCUT2D eigenvalue weighted by atomic mass is 10.0. The Morgan fingerprint density at radius 2 is 1.88 bits per heavy atom. The molecule has 2 aromatic carbocycles. The van der Waals surface area contributed by atoms with Crippen LogP contribution in [-0.4, -0.2) is 34.1 Å². The van der Waals surface area contributed by atoms with Crippen molar-refractivity contribution in [2.24, 2.45) is 5.73 Å². The van der Waals surface area contributed by atoms with Crippen molar-refractivity contribution in [3.05, 3.63) is 77.0 Å². The molecule has 5 nitrogen and oxygen atoms in total. The normalized spacial score (nSPS) is 14.0. The molecule has 132 valence electrons. The van der Waals surface area contributed by atoms with Gasteiger partial charge in [-0.05, 0) is 24.1 Å². The number of fused-ring (bicyclic) bond motifs is 1. The first-order valence-corrected chi connectivity index (χ1v) is 8.96. The molecule has 0 spiro atoms. The van der Waals surface area contributed by atoms with Gasteiger partial charge in [-0.3, -0.25) is 9.89 Å². The highest BCUT2D eigenvalue weighted by molar-refractivity contribution is 5.94. The maximum atomic E-state index is 12.9. The fourth-order valence-electron chi connectivity index (χ4n) is 3.53. The molecule has 26 heavy (non-hydrogen) atoms. The molecule has 0 unspecified atom stereocenters. The number of nitrogens with zero attached hydrogens (tertiary/aromatic N) is 2. The minimum Gasteiger partial charge on any atom is -0.338 e. The number of nitrogens with one attached hydrogen (secondary N) is 1. The van der Waals surface area contributed by atoms with Crippen LogP contribution in [0.5, 0.6) is 0 Å². The standard InChI is InChI=1S/C21H22N4O/c22-14-15-5-4-8-17(13-15)21(26)25-11-9-18-19(10-12-25)23-24-20(18)16-6-2-1-3-7-16/h1-8,13H,9-12,14,22H2,(H,23,24). The molecular formula is C21H22N4O. The van der Waals surface area contributed by atoms with Crippen LogP contribution in [0.2, 0.25) is 0 Å². The molecule has 3 N–H and O–H groups in total. The zero-order valence-corrected chi connectivity index (χ0v) is 14.6. The number of benzene rings is 2. The summed E-state index contributed by atoms with van der Waals surface area (Å²) in [7, 11) is 0. The average Bonchev–Trinajstić information content (AvgIpc) is 2.99. The Labute approximate surface area is 152 Å². The molecule has 1 amide bonds. The van der Waals surface area contributed by atoms with Crippen LogP contribution in [0.25, 0.3) is 11.3 Å². The van der Waals surface area contributed by atoms with Gasteiger partial charge in [-0.1, -0.05) is 42.5 Å². The number of amides is 1. The second kappa shape index (κ2) is 7.14. The lowest BCUT2D eigenvalue weighted by molar-refractivity contribution is 0.0762. The fourth-order valence-corrected chi connectivity index (χ4v) is 3.53. The SMILES string of the molecule is NCc1cccc(C(=O)N2CCc3[nH]nc(-c4ccccc4)c3CC2)c1. The summed E-state index contributed by atoms with van der Waals surface area (Å²) in [6.07, 6.45) is 1.59. The van der Waals surface area contributed by atoms with E-state index in [1.54, 1.807) is 0 Å². The Morgan fingerprint density at radius 1 is 1.08 bits per heavy atom. The first kappa shape index (κ1) is 16.5. The van der Waals surface area contributed by atoms with Crippen molar-refractivity contribution in [1.82, 2.24) is 15.1 Å². The highest BCUT2D eigenvalue weighted by atomic mass is 16.2. The summed E-state index contributed by atoms with van der Waals surface area (Å²) in [5.41, 5.74) is 11.9. The summed E-state index contributed by atoms with van der Waals surface area (Å²) in [6, 6.07) is 17.8. The molecule has 5 heteroatoms. The van der Waals surface area contributed by atoms with Crippen LogP contribution < -0.4 is 5.73 Å². The Bertz CT molecular complexity index is 917. The lowest BCUT2D eigenvalue weighted by Crippen LogP contribution is -2.33. The van der Waals surface area contributed by atoms with Crippen LogP contribution in [-0.2, 0) is 19.4 Å². The smallest absolute Gasteiger partial charge is 0.253 e. The minimum atomic E-state index is 0.0691. The Balaban J connectivity index is 1.55. The molecular weight excluding hydrogens is 324 g/mol. The topological polar surface area (TPSA) is 75.0 Å². The quantitative estimate of drug-likeness (QED) is 0.766. The van der Waals surface area contributed by atoms with Crippen LogP contribution in [0.1, 0.15) is 27.2 Å². The van der Waals surface area contributed by atoms with Gasteiger partial charge in [-0.15, -0.1) is 0 Å². The zero-order valence-electron chi connectivity index (χ0n) is 14.6. The monoisotopic (exact) mass is 346 g/mol.